The topological polar surface area (TPSA) is 96.2 Å². The maximum Gasteiger partial charge on any atom is 0.336 e. The predicted octanol–water partition coefficient (Wildman–Crippen LogP) is 5.59. The first-order valence-electron chi connectivity index (χ1n) is 13.3. The molecule has 0 fully saturated rings. The van der Waals surface area contributed by atoms with E-state index in [0.29, 0.717) is 58.5 Å². The fraction of sp³-hybridized carbons (Fsp3) is 0.312. The van der Waals surface area contributed by atoms with Crippen molar-refractivity contribution in [2.24, 2.45) is 0 Å². The number of dihydropyridines is 1. The Morgan fingerprint density at radius 3 is 2.42 bits per heavy atom. The van der Waals surface area contributed by atoms with Crippen LogP contribution in [0.3, 0.4) is 0 Å². The Hall–Kier alpha value is -4.46. The van der Waals surface area contributed by atoms with Gasteiger partial charge in [0.15, 0.2) is 17.3 Å². The van der Waals surface area contributed by atoms with Crippen molar-refractivity contribution in [3.63, 3.8) is 0 Å². The number of esters is 1. The number of benzene rings is 2. The maximum absolute atomic E-state index is 13.8. The molecule has 8 heteroatoms. The molecular weight excluding hydrogens is 510 g/mol. The average Bonchev–Trinajstić information content (AvgIpc) is 3.40. The second kappa shape index (κ2) is 11.7. The van der Waals surface area contributed by atoms with Gasteiger partial charge >= 0.3 is 5.97 Å². The van der Waals surface area contributed by atoms with Gasteiger partial charge in [0.05, 0.1) is 25.7 Å². The minimum Gasteiger partial charge on any atom is -0.493 e. The molecule has 0 unspecified atom stereocenters. The molecule has 1 N–H and O–H groups in total. The number of ketones is 1. The van der Waals surface area contributed by atoms with E-state index in [9.17, 15) is 9.59 Å². The fourth-order valence-corrected chi connectivity index (χ4v) is 5.43. The van der Waals surface area contributed by atoms with E-state index in [-0.39, 0.29) is 24.9 Å². The average molecular weight is 544 g/mol. The first-order chi connectivity index (χ1) is 19.4. The van der Waals surface area contributed by atoms with E-state index in [4.69, 9.17) is 23.4 Å². The second-order valence-electron chi connectivity index (χ2n) is 9.88. The van der Waals surface area contributed by atoms with E-state index in [1.165, 1.54) is 0 Å². The molecule has 0 saturated carbocycles. The number of carbonyl (C=O) groups is 2. The van der Waals surface area contributed by atoms with Gasteiger partial charge in [0.1, 0.15) is 30.5 Å². The van der Waals surface area contributed by atoms with Gasteiger partial charge in [0.25, 0.3) is 0 Å². The van der Waals surface area contributed by atoms with Crippen molar-refractivity contribution in [3.05, 3.63) is 100 Å². The number of furan rings is 1. The van der Waals surface area contributed by atoms with Crippen LogP contribution in [0.1, 0.15) is 48.7 Å². The molecule has 2 aliphatic rings. The molecule has 1 aliphatic carbocycles. The summed E-state index contributed by atoms with van der Waals surface area (Å²) in [6.45, 7) is 3.94. The van der Waals surface area contributed by atoms with Crippen LogP contribution in [-0.2, 0) is 14.3 Å². The van der Waals surface area contributed by atoms with Crippen LogP contribution in [0, 0.1) is 6.92 Å². The van der Waals surface area contributed by atoms with Crippen molar-refractivity contribution in [2.45, 2.75) is 38.5 Å². The van der Waals surface area contributed by atoms with Crippen molar-refractivity contribution in [3.8, 4) is 17.2 Å². The number of rotatable bonds is 9. The number of ether oxygens (including phenoxy) is 4. The van der Waals surface area contributed by atoms with Crippen LogP contribution in [0.15, 0.2) is 87.6 Å². The maximum atomic E-state index is 13.8. The molecule has 1 aliphatic heterocycles. The summed E-state index contributed by atoms with van der Waals surface area (Å²) in [6, 6.07) is 18.7. The minimum absolute atomic E-state index is 0.0437. The van der Waals surface area contributed by atoms with Crippen LogP contribution in [-0.4, -0.2) is 39.2 Å². The van der Waals surface area contributed by atoms with Gasteiger partial charge in [-0.15, -0.1) is 0 Å². The lowest BCUT2D eigenvalue weighted by atomic mass is 9.73. The molecule has 8 nitrogen and oxygen atoms in total. The Balaban J connectivity index is 1.40. The van der Waals surface area contributed by atoms with E-state index in [2.05, 4.69) is 5.32 Å². The van der Waals surface area contributed by atoms with Crippen molar-refractivity contribution in [2.75, 3.05) is 27.4 Å². The SMILES string of the molecule is COc1ccc([C@H]2CC(=O)C3=C(C2)NC(C)=C(C(=O)OCCOc2ccccc2)[C@@H]3c2ccc(C)o2)cc1OC. The van der Waals surface area contributed by atoms with Crippen LogP contribution in [0.4, 0.5) is 0 Å². The van der Waals surface area contributed by atoms with Crippen molar-refractivity contribution >= 4 is 11.8 Å². The molecule has 0 spiro atoms. The molecule has 5 rings (SSSR count). The molecular formula is C32H33NO7. The first kappa shape index (κ1) is 27.1. The quantitative estimate of drug-likeness (QED) is 0.276. The Morgan fingerprint density at radius 2 is 1.73 bits per heavy atom. The number of para-hydroxylation sites is 1. The highest BCUT2D eigenvalue weighted by Crippen LogP contribution is 2.46. The highest BCUT2D eigenvalue weighted by molar-refractivity contribution is 6.04. The molecule has 0 saturated heterocycles. The Labute approximate surface area is 233 Å². The zero-order valence-corrected chi connectivity index (χ0v) is 23.1. The van der Waals surface area contributed by atoms with Crippen LogP contribution in [0.25, 0.3) is 0 Å². The van der Waals surface area contributed by atoms with Gasteiger partial charge < -0.3 is 28.7 Å². The molecule has 2 atom stereocenters. The number of methoxy groups -OCH3 is 2. The standard InChI is InChI=1S/C32H33NO7/c1-19-10-12-27(40-19)31-29(32(35)39-15-14-38-23-8-6-5-7-9-23)20(2)33-24-16-22(17-25(34)30(24)31)21-11-13-26(36-3)28(18-21)37-4/h5-13,18,22,31,33H,14-17H2,1-4H3/t22-,31+/m1/s1. The van der Waals surface area contributed by atoms with E-state index in [1.807, 2.05) is 74.5 Å². The largest absolute Gasteiger partial charge is 0.493 e. The lowest BCUT2D eigenvalue weighted by Gasteiger charge is -2.35. The van der Waals surface area contributed by atoms with Gasteiger partial charge in [-0.2, -0.15) is 0 Å². The molecule has 0 bridgehead atoms. The summed E-state index contributed by atoms with van der Waals surface area (Å²) >= 11 is 0. The minimum atomic E-state index is -0.661. The zero-order chi connectivity index (χ0) is 28.2. The number of nitrogens with one attached hydrogen (secondary N) is 1. The Kier molecular flexibility index (Phi) is 7.96. The number of Topliss-reactive ketones (excluding diaryl/α,β-unsaturated/α-hetero) is 1. The summed E-state index contributed by atoms with van der Waals surface area (Å²) in [5.41, 5.74) is 3.31. The van der Waals surface area contributed by atoms with E-state index >= 15 is 0 Å². The van der Waals surface area contributed by atoms with Crippen molar-refractivity contribution in [1.82, 2.24) is 5.32 Å². The first-order valence-corrected chi connectivity index (χ1v) is 13.3. The summed E-state index contributed by atoms with van der Waals surface area (Å²) in [4.78, 5) is 27.2. The van der Waals surface area contributed by atoms with Gasteiger partial charge in [-0.3, -0.25) is 4.79 Å². The number of aryl methyl sites for hydroxylation is 1. The Morgan fingerprint density at radius 1 is 0.950 bits per heavy atom. The zero-order valence-electron chi connectivity index (χ0n) is 23.1. The van der Waals surface area contributed by atoms with Gasteiger partial charge in [0.2, 0.25) is 0 Å². The van der Waals surface area contributed by atoms with E-state index in [0.717, 1.165) is 11.3 Å². The van der Waals surface area contributed by atoms with Crippen molar-refractivity contribution in [1.29, 1.82) is 0 Å². The highest BCUT2D eigenvalue weighted by Gasteiger charge is 2.43. The number of hydrogen-bond donors (Lipinski definition) is 1. The fourth-order valence-electron chi connectivity index (χ4n) is 5.43. The third kappa shape index (κ3) is 5.47. The van der Waals surface area contributed by atoms with Crippen LogP contribution in [0.5, 0.6) is 17.2 Å². The second-order valence-corrected chi connectivity index (χ2v) is 9.88. The molecule has 2 aromatic carbocycles. The smallest absolute Gasteiger partial charge is 0.336 e. The van der Waals surface area contributed by atoms with E-state index < -0.39 is 11.9 Å². The summed E-state index contributed by atoms with van der Waals surface area (Å²) in [5, 5.41) is 3.36. The van der Waals surface area contributed by atoms with Gasteiger partial charge in [-0.05, 0) is 68.1 Å². The summed E-state index contributed by atoms with van der Waals surface area (Å²) in [7, 11) is 3.19. The van der Waals surface area contributed by atoms with Crippen LogP contribution in [0.2, 0.25) is 0 Å². The summed E-state index contributed by atoms with van der Waals surface area (Å²) < 4.78 is 28.1. The highest BCUT2D eigenvalue weighted by atomic mass is 16.6. The predicted molar refractivity (Wildman–Crippen MR) is 148 cm³/mol. The van der Waals surface area contributed by atoms with Gasteiger partial charge in [-0.25, -0.2) is 4.79 Å². The third-order valence-electron chi connectivity index (χ3n) is 7.30. The molecule has 2 heterocycles. The molecule has 208 valence electrons. The van der Waals surface area contributed by atoms with Gasteiger partial charge in [-0.1, -0.05) is 24.3 Å². The third-order valence-corrected chi connectivity index (χ3v) is 7.30. The number of carbonyl (C=O) groups excluding carboxylic acids is 2. The number of hydrogen-bond acceptors (Lipinski definition) is 8. The molecule has 40 heavy (non-hydrogen) atoms. The molecule has 0 radical (unpaired) electrons. The van der Waals surface area contributed by atoms with Crippen LogP contribution >= 0.6 is 0 Å². The molecule has 1 aromatic heterocycles. The lowest BCUT2D eigenvalue weighted by Crippen LogP contribution is -2.36. The van der Waals surface area contributed by atoms with E-state index in [1.54, 1.807) is 14.2 Å². The molecule has 0 amide bonds. The monoisotopic (exact) mass is 543 g/mol. The van der Waals surface area contributed by atoms with Gasteiger partial charge in [0, 0.05) is 23.4 Å². The summed E-state index contributed by atoms with van der Waals surface area (Å²) in [6.07, 6.45) is 0.885. The van der Waals surface area contributed by atoms with Crippen molar-refractivity contribution < 1.29 is 33.0 Å². The number of allylic oxidation sites excluding steroid dienone is 3. The normalized spacial score (nSPS) is 18.6. The molecule has 3 aromatic rings. The lowest BCUT2D eigenvalue weighted by molar-refractivity contribution is -0.140. The Bertz CT molecular complexity index is 1470. The summed E-state index contributed by atoms with van der Waals surface area (Å²) in [5.74, 6) is 1.91. The van der Waals surface area contributed by atoms with Crippen LogP contribution < -0.4 is 19.5 Å².